The lowest BCUT2D eigenvalue weighted by molar-refractivity contribution is -0.110. The molecule has 0 fully saturated rings. The van der Waals surface area contributed by atoms with Gasteiger partial charge in [0.25, 0.3) is 0 Å². The number of carbonyl (C=O) groups excluding carboxylic acids is 1. The van der Waals surface area contributed by atoms with E-state index in [1.54, 1.807) is 54.6 Å². The highest BCUT2D eigenvalue weighted by atomic mass is 35.5. The molecule has 6 heteroatoms. The van der Waals surface area contributed by atoms with Crippen molar-refractivity contribution >= 4 is 40.4 Å². The van der Waals surface area contributed by atoms with Crippen molar-refractivity contribution in [3.8, 4) is 11.5 Å². The summed E-state index contributed by atoms with van der Waals surface area (Å²) in [7, 11) is 0. The van der Waals surface area contributed by atoms with Gasteiger partial charge < -0.3 is 10.2 Å². The van der Waals surface area contributed by atoms with Crippen molar-refractivity contribution in [3.63, 3.8) is 0 Å². The summed E-state index contributed by atoms with van der Waals surface area (Å²) in [4.78, 5) is 15.1. The van der Waals surface area contributed by atoms with Gasteiger partial charge in [-0.25, -0.2) is 4.99 Å². The van der Waals surface area contributed by atoms with E-state index in [0.29, 0.717) is 0 Å². The van der Waals surface area contributed by atoms with E-state index in [2.05, 4.69) is 4.99 Å². The topological polar surface area (TPSA) is 69.9 Å². The Labute approximate surface area is 149 Å². The molecule has 2 N–H and O–H groups in total. The summed E-state index contributed by atoms with van der Waals surface area (Å²) in [5, 5.41) is 18.6. The molecule has 1 aliphatic rings. The van der Waals surface area contributed by atoms with Gasteiger partial charge in [-0.1, -0.05) is 29.3 Å². The molecule has 4 nitrogen and oxygen atoms in total. The molecule has 0 bridgehead atoms. The van der Waals surface area contributed by atoms with Crippen LogP contribution in [0.15, 0.2) is 71.8 Å². The van der Waals surface area contributed by atoms with E-state index in [9.17, 15) is 4.79 Å². The average Bonchev–Trinajstić information content (AvgIpc) is 2.57. The molecule has 0 aromatic heterocycles. The third kappa shape index (κ3) is 5.26. The van der Waals surface area contributed by atoms with E-state index in [0.717, 1.165) is 11.4 Å². The van der Waals surface area contributed by atoms with Crippen LogP contribution in [0.3, 0.4) is 0 Å². The normalized spacial score (nSPS) is 12.6. The van der Waals surface area contributed by atoms with E-state index in [1.807, 2.05) is 0 Å². The third-order valence-electron chi connectivity index (χ3n) is 2.88. The molecule has 0 saturated carbocycles. The third-order valence-corrected chi connectivity index (χ3v) is 3.49. The van der Waals surface area contributed by atoms with Crippen LogP contribution in [-0.4, -0.2) is 21.7 Å². The second-order valence-corrected chi connectivity index (χ2v) is 5.51. The van der Waals surface area contributed by atoms with Gasteiger partial charge in [-0.15, -0.1) is 0 Å². The standard InChI is InChI=1S/C12H9NO2.C6H4Cl2O/c14-11-5-1-9(2-6-11)13-10-3-7-12(15)8-4-10;7-4-2-1-3-5(8)6(4)9/h1-8,14H;1-3,9H. The fourth-order valence-electron chi connectivity index (χ4n) is 1.69. The van der Waals surface area contributed by atoms with Crippen LogP contribution in [-0.2, 0) is 4.79 Å². The smallest absolute Gasteiger partial charge is 0.178 e. The Bertz CT molecular complexity index is 786. The second-order valence-electron chi connectivity index (χ2n) is 4.69. The van der Waals surface area contributed by atoms with Gasteiger partial charge in [0.1, 0.15) is 5.75 Å². The van der Waals surface area contributed by atoms with Crippen LogP contribution in [0.2, 0.25) is 10.0 Å². The Morgan fingerprint density at radius 1 is 0.792 bits per heavy atom. The van der Waals surface area contributed by atoms with Crippen LogP contribution in [0.4, 0.5) is 5.69 Å². The van der Waals surface area contributed by atoms with Crippen molar-refractivity contribution in [2.75, 3.05) is 0 Å². The zero-order chi connectivity index (χ0) is 17.5. The zero-order valence-corrected chi connectivity index (χ0v) is 13.9. The quantitative estimate of drug-likeness (QED) is 0.712. The summed E-state index contributed by atoms with van der Waals surface area (Å²) in [6.45, 7) is 0. The zero-order valence-electron chi connectivity index (χ0n) is 12.4. The second kappa shape index (κ2) is 8.34. The molecule has 0 amide bonds. The van der Waals surface area contributed by atoms with E-state index in [1.165, 1.54) is 12.2 Å². The van der Waals surface area contributed by atoms with Crippen LogP contribution < -0.4 is 0 Å². The molecule has 2 aromatic rings. The Hall–Kier alpha value is -2.56. The van der Waals surface area contributed by atoms with Gasteiger partial charge in [0.05, 0.1) is 21.4 Å². The number of phenolic OH excluding ortho intramolecular Hbond substituents is 2. The van der Waals surface area contributed by atoms with Gasteiger partial charge >= 0.3 is 0 Å². The number of halogens is 2. The number of nitrogens with zero attached hydrogens (tertiary/aromatic N) is 1. The summed E-state index contributed by atoms with van der Waals surface area (Å²) in [5.41, 5.74) is 1.46. The SMILES string of the molecule is O=C1C=CC(=Nc2ccc(O)cc2)C=C1.Oc1c(Cl)cccc1Cl. The van der Waals surface area contributed by atoms with Gasteiger partial charge in [0.2, 0.25) is 0 Å². The molecule has 0 radical (unpaired) electrons. The van der Waals surface area contributed by atoms with E-state index < -0.39 is 0 Å². The molecule has 122 valence electrons. The average molecular weight is 362 g/mol. The summed E-state index contributed by atoms with van der Waals surface area (Å²) in [6, 6.07) is 11.4. The first-order valence-electron chi connectivity index (χ1n) is 6.86. The van der Waals surface area contributed by atoms with Gasteiger partial charge in [-0.2, -0.15) is 0 Å². The first-order chi connectivity index (χ1) is 11.5. The Kier molecular flexibility index (Phi) is 6.18. The van der Waals surface area contributed by atoms with Crippen LogP contribution in [0.5, 0.6) is 11.5 Å². The summed E-state index contributed by atoms with van der Waals surface area (Å²) in [6.07, 6.45) is 6.27. The van der Waals surface area contributed by atoms with Gasteiger partial charge in [-0.3, -0.25) is 4.79 Å². The Morgan fingerprint density at radius 3 is 1.83 bits per heavy atom. The number of benzene rings is 2. The monoisotopic (exact) mass is 361 g/mol. The fraction of sp³-hybridized carbons (Fsp3) is 0. The number of hydrogen-bond donors (Lipinski definition) is 2. The predicted octanol–water partition coefficient (Wildman–Crippen LogP) is 4.86. The molecule has 3 rings (SSSR count). The van der Waals surface area contributed by atoms with E-state index >= 15 is 0 Å². The summed E-state index contributed by atoms with van der Waals surface area (Å²) < 4.78 is 0. The van der Waals surface area contributed by atoms with Gasteiger partial charge in [-0.05, 0) is 60.7 Å². The molecule has 0 unspecified atom stereocenters. The first-order valence-corrected chi connectivity index (χ1v) is 7.62. The summed E-state index contributed by atoms with van der Waals surface area (Å²) >= 11 is 11.0. The highest BCUT2D eigenvalue weighted by Gasteiger charge is 2.00. The maximum Gasteiger partial charge on any atom is 0.178 e. The number of para-hydroxylation sites is 1. The van der Waals surface area contributed by atoms with Crippen molar-refractivity contribution in [2.45, 2.75) is 0 Å². The molecule has 0 aliphatic heterocycles. The summed E-state index contributed by atoms with van der Waals surface area (Å²) in [5.74, 6) is 0.129. The number of allylic oxidation sites excluding steroid dienone is 4. The fourth-order valence-corrected chi connectivity index (χ4v) is 2.08. The number of aliphatic imine (C=N–C) groups is 1. The molecule has 0 spiro atoms. The Morgan fingerprint density at radius 2 is 1.33 bits per heavy atom. The molecular weight excluding hydrogens is 349 g/mol. The van der Waals surface area contributed by atoms with E-state index in [4.69, 9.17) is 33.4 Å². The lowest BCUT2D eigenvalue weighted by Crippen LogP contribution is -1.98. The van der Waals surface area contributed by atoms with Crippen molar-refractivity contribution in [1.29, 1.82) is 0 Å². The molecule has 0 heterocycles. The van der Waals surface area contributed by atoms with Gasteiger partial charge in [0, 0.05) is 0 Å². The van der Waals surface area contributed by atoms with Crippen molar-refractivity contribution in [1.82, 2.24) is 0 Å². The number of ketones is 1. The largest absolute Gasteiger partial charge is 0.508 e. The number of rotatable bonds is 1. The molecule has 0 atom stereocenters. The Balaban J connectivity index is 0.000000198. The first kappa shape index (κ1) is 17.8. The maximum absolute atomic E-state index is 10.8. The predicted molar refractivity (Wildman–Crippen MR) is 96.6 cm³/mol. The van der Waals surface area contributed by atoms with E-state index in [-0.39, 0.29) is 27.3 Å². The highest BCUT2D eigenvalue weighted by molar-refractivity contribution is 6.37. The van der Waals surface area contributed by atoms with Gasteiger partial charge in [0.15, 0.2) is 11.5 Å². The van der Waals surface area contributed by atoms with Crippen molar-refractivity contribution in [2.24, 2.45) is 4.99 Å². The molecule has 0 saturated heterocycles. The minimum Gasteiger partial charge on any atom is -0.508 e. The number of phenols is 2. The minimum absolute atomic E-state index is 0.0281. The minimum atomic E-state index is -0.0548. The number of carbonyl (C=O) groups is 1. The van der Waals surface area contributed by atoms with Crippen LogP contribution in [0.25, 0.3) is 0 Å². The molecule has 1 aliphatic carbocycles. The lowest BCUT2D eigenvalue weighted by Gasteiger charge is -1.99. The van der Waals surface area contributed by atoms with Crippen LogP contribution in [0.1, 0.15) is 0 Å². The molecular formula is C18H13Cl2NO3. The maximum atomic E-state index is 10.8. The van der Waals surface area contributed by atoms with Crippen LogP contribution in [0, 0.1) is 0 Å². The number of hydrogen-bond acceptors (Lipinski definition) is 4. The lowest BCUT2D eigenvalue weighted by atomic mass is 10.1. The van der Waals surface area contributed by atoms with Crippen molar-refractivity contribution < 1.29 is 15.0 Å². The molecule has 2 aromatic carbocycles. The van der Waals surface area contributed by atoms with Crippen molar-refractivity contribution in [3.05, 3.63) is 76.8 Å². The highest BCUT2D eigenvalue weighted by Crippen LogP contribution is 2.30. The number of aromatic hydroxyl groups is 2. The van der Waals surface area contributed by atoms with Crippen LogP contribution >= 0.6 is 23.2 Å². The molecule has 24 heavy (non-hydrogen) atoms.